The van der Waals surface area contributed by atoms with Crippen molar-refractivity contribution in [3.05, 3.63) is 47.5 Å². The molecule has 1 aromatic rings. The van der Waals surface area contributed by atoms with Gasteiger partial charge in [-0.3, -0.25) is 4.79 Å². The molecule has 0 saturated carbocycles. The highest BCUT2D eigenvalue weighted by Crippen LogP contribution is 2.19. The van der Waals surface area contributed by atoms with Crippen LogP contribution < -0.4 is 5.32 Å². The second-order valence-corrected chi connectivity index (χ2v) is 5.28. The van der Waals surface area contributed by atoms with Gasteiger partial charge in [-0.25, -0.2) is 0 Å². The van der Waals surface area contributed by atoms with E-state index in [9.17, 15) is 4.79 Å². The van der Waals surface area contributed by atoms with Crippen LogP contribution in [0.5, 0.6) is 0 Å². The van der Waals surface area contributed by atoms with Crippen molar-refractivity contribution in [2.24, 2.45) is 0 Å². The van der Waals surface area contributed by atoms with Gasteiger partial charge in [-0.05, 0) is 44.6 Å². The molecule has 0 aliphatic heterocycles. The van der Waals surface area contributed by atoms with E-state index in [1.807, 2.05) is 37.3 Å². The quantitative estimate of drug-likeness (QED) is 0.799. The van der Waals surface area contributed by atoms with Crippen molar-refractivity contribution in [3.63, 3.8) is 0 Å². The van der Waals surface area contributed by atoms with Gasteiger partial charge >= 0.3 is 0 Å². The van der Waals surface area contributed by atoms with Gasteiger partial charge in [0.25, 0.3) is 0 Å². The van der Waals surface area contributed by atoms with E-state index in [0.717, 1.165) is 18.5 Å². The molecule has 1 atom stereocenters. The summed E-state index contributed by atoms with van der Waals surface area (Å²) in [6, 6.07) is 9.95. The third kappa shape index (κ3) is 4.23. The van der Waals surface area contributed by atoms with Gasteiger partial charge in [-0.2, -0.15) is 0 Å². The van der Waals surface area contributed by atoms with Crippen LogP contribution in [0.25, 0.3) is 0 Å². The molecule has 0 radical (unpaired) electrons. The summed E-state index contributed by atoms with van der Waals surface area (Å²) in [6.07, 6.45) is 8.40. The topological polar surface area (TPSA) is 29.1 Å². The summed E-state index contributed by atoms with van der Waals surface area (Å²) in [6.45, 7) is 2.73. The first kappa shape index (κ1) is 13.9. The van der Waals surface area contributed by atoms with Crippen LogP contribution in [-0.4, -0.2) is 12.5 Å². The minimum atomic E-state index is -0.0680. The van der Waals surface area contributed by atoms with Crippen LogP contribution >= 0.6 is 0 Å². The van der Waals surface area contributed by atoms with Gasteiger partial charge < -0.3 is 5.32 Å². The third-order valence-corrected chi connectivity index (χ3v) is 3.82. The number of rotatable bonds is 5. The van der Waals surface area contributed by atoms with E-state index < -0.39 is 0 Å². The summed E-state index contributed by atoms with van der Waals surface area (Å²) in [4.78, 5) is 12.1. The number of benzene rings is 1. The Morgan fingerprint density at radius 2 is 2.05 bits per heavy atom. The van der Waals surface area contributed by atoms with E-state index in [1.54, 1.807) is 0 Å². The first-order chi connectivity index (χ1) is 9.27. The summed E-state index contributed by atoms with van der Waals surface area (Å²) >= 11 is 0. The van der Waals surface area contributed by atoms with Crippen molar-refractivity contribution in [2.45, 2.75) is 44.9 Å². The first-order valence-electron chi connectivity index (χ1n) is 7.28. The molecule has 102 valence electrons. The zero-order valence-corrected chi connectivity index (χ0v) is 11.7. The average molecular weight is 257 g/mol. The van der Waals surface area contributed by atoms with Gasteiger partial charge in [0.2, 0.25) is 5.91 Å². The Morgan fingerprint density at radius 3 is 2.74 bits per heavy atom. The maximum Gasteiger partial charge on any atom is 0.227 e. The van der Waals surface area contributed by atoms with Crippen molar-refractivity contribution in [3.8, 4) is 0 Å². The Kier molecular flexibility index (Phi) is 5.20. The second kappa shape index (κ2) is 7.13. The molecule has 0 aromatic heterocycles. The number of nitrogens with one attached hydrogen (secondary N) is 1. The Hall–Kier alpha value is -1.57. The maximum absolute atomic E-state index is 12.1. The summed E-state index contributed by atoms with van der Waals surface area (Å²) in [7, 11) is 0. The molecular formula is C17H23NO. The number of hydrogen-bond acceptors (Lipinski definition) is 1. The third-order valence-electron chi connectivity index (χ3n) is 3.82. The highest BCUT2D eigenvalue weighted by molar-refractivity contribution is 5.83. The standard InChI is InChI=1S/C17H23NO/c1-14(16-10-6-3-7-11-16)17(19)18-13-12-15-8-4-2-5-9-15/h3,6-8,10-11,14H,2,4-5,9,12-13H2,1H3,(H,18,19). The Balaban J connectivity index is 1.76. The minimum absolute atomic E-state index is 0.0680. The van der Waals surface area contributed by atoms with Crippen LogP contribution in [0.4, 0.5) is 0 Å². The zero-order valence-electron chi connectivity index (χ0n) is 11.7. The zero-order chi connectivity index (χ0) is 13.5. The van der Waals surface area contributed by atoms with Crippen molar-refractivity contribution in [1.82, 2.24) is 5.32 Å². The monoisotopic (exact) mass is 257 g/mol. The molecule has 1 aromatic carbocycles. The van der Waals surface area contributed by atoms with Crippen molar-refractivity contribution >= 4 is 5.91 Å². The van der Waals surface area contributed by atoms with Crippen molar-refractivity contribution < 1.29 is 4.79 Å². The number of allylic oxidation sites excluding steroid dienone is 1. The van der Waals surface area contributed by atoms with Crippen LogP contribution in [0.3, 0.4) is 0 Å². The summed E-state index contributed by atoms with van der Waals surface area (Å²) in [5.74, 6) is 0.0594. The van der Waals surface area contributed by atoms with Gasteiger partial charge in [-0.1, -0.05) is 42.0 Å². The molecule has 1 aliphatic carbocycles. The van der Waals surface area contributed by atoms with E-state index in [0.29, 0.717) is 0 Å². The molecular weight excluding hydrogens is 234 g/mol. The lowest BCUT2D eigenvalue weighted by molar-refractivity contribution is -0.122. The van der Waals surface area contributed by atoms with E-state index in [1.165, 1.54) is 31.3 Å². The van der Waals surface area contributed by atoms with Crippen LogP contribution in [0.15, 0.2) is 42.0 Å². The maximum atomic E-state index is 12.1. The molecule has 0 heterocycles. The van der Waals surface area contributed by atoms with Gasteiger partial charge in [0.15, 0.2) is 0 Å². The molecule has 0 spiro atoms. The van der Waals surface area contributed by atoms with Gasteiger partial charge in [0.1, 0.15) is 0 Å². The lowest BCUT2D eigenvalue weighted by Gasteiger charge is -2.15. The largest absolute Gasteiger partial charge is 0.355 e. The molecule has 2 nitrogen and oxygen atoms in total. The molecule has 0 fully saturated rings. The Labute approximate surface area is 115 Å². The van der Waals surface area contributed by atoms with Crippen molar-refractivity contribution in [1.29, 1.82) is 0 Å². The van der Waals surface area contributed by atoms with Gasteiger partial charge in [0.05, 0.1) is 5.92 Å². The van der Waals surface area contributed by atoms with Crippen LogP contribution in [-0.2, 0) is 4.79 Å². The predicted octanol–water partition coefficient (Wildman–Crippen LogP) is 3.80. The number of carbonyl (C=O) groups is 1. The highest BCUT2D eigenvalue weighted by atomic mass is 16.1. The fourth-order valence-electron chi connectivity index (χ4n) is 2.52. The molecule has 1 amide bonds. The van der Waals surface area contributed by atoms with E-state index in [4.69, 9.17) is 0 Å². The van der Waals surface area contributed by atoms with Crippen LogP contribution in [0.2, 0.25) is 0 Å². The van der Waals surface area contributed by atoms with Crippen LogP contribution in [0, 0.1) is 0 Å². The second-order valence-electron chi connectivity index (χ2n) is 5.28. The SMILES string of the molecule is CC(C(=O)NCCC1=CCCCC1)c1ccccc1. The normalized spacial score (nSPS) is 16.6. The molecule has 0 saturated heterocycles. The molecule has 19 heavy (non-hydrogen) atoms. The van der Waals surface area contributed by atoms with E-state index >= 15 is 0 Å². The lowest BCUT2D eigenvalue weighted by Crippen LogP contribution is -2.29. The minimum Gasteiger partial charge on any atom is -0.355 e. The number of hydrogen-bond donors (Lipinski definition) is 1. The predicted molar refractivity (Wildman–Crippen MR) is 79.0 cm³/mol. The lowest BCUT2D eigenvalue weighted by atomic mass is 9.97. The molecule has 2 heteroatoms. The molecule has 2 rings (SSSR count). The van der Waals surface area contributed by atoms with E-state index in [2.05, 4.69) is 11.4 Å². The van der Waals surface area contributed by atoms with Crippen LogP contribution in [0.1, 0.15) is 50.5 Å². The van der Waals surface area contributed by atoms with E-state index in [-0.39, 0.29) is 11.8 Å². The highest BCUT2D eigenvalue weighted by Gasteiger charge is 2.14. The van der Waals surface area contributed by atoms with Crippen molar-refractivity contribution in [2.75, 3.05) is 6.54 Å². The Bertz CT molecular complexity index is 436. The fourth-order valence-corrected chi connectivity index (χ4v) is 2.52. The van der Waals surface area contributed by atoms with Gasteiger partial charge in [-0.15, -0.1) is 0 Å². The molecule has 0 bridgehead atoms. The fraction of sp³-hybridized carbons (Fsp3) is 0.471. The smallest absolute Gasteiger partial charge is 0.227 e. The average Bonchev–Trinajstić information content (AvgIpc) is 2.48. The number of carbonyl (C=O) groups excluding carboxylic acids is 1. The summed E-state index contributed by atoms with van der Waals surface area (Å²) in [5, 5.41) is 3.05. The van der Waals surface area contributed by atoms with Gasteiger partial charge in [0, 0.05) is 6.54 Å². The molecule has 1 aliphatic rings. The summed E-state index contributed by atoms with van der Waals surface area (Å²) in [5.41, 5.74) is 2.59. The molecule has 1 N–H and O–H groups in total. The molecule has 1 unspecified atom stereocenters. The first-order valence-corrected chi connectivity index (χ1v) is 7.28. The number of amides is 1. The Morgan fingerprint density at radius 1 is 1.26 bits per heavy atom. The summed E-state index contributed by atoms with van der Waals surface area (Å²) < 4.78 is 0.